The number of carbonyl (C=O) groups excluding carboxylic acids is 2. The number of nitrogens with one attached hydrogen (secondary N) is 2. The first-order valence-electron chi connectivity index (χ1n) is 13.3. The summed E-state index contributed by atoms with van der Waals surface area (Å²) in [6, 6.07) is 16.2. The van der Waals surface area contributed by atoms with Crippen LogP contribution in [0.15, 0.2) is 54.1 Å². The number of amides is 2. The van der Waals surface area contributed by atoms with Gasteiger partial charge in [0, 0.05) is 35.8 Å². The summed E-state index contributed by atoms with van der Waals surface area (Å²) in [7, 11) is 0. The molecular formula is C30H39N3O2. The van der Waals surface area contributed by atoms with E-state index in [2.05, 4.69) is 28.8 Å². The van der Waals surface area contributed by atoms with Crippen LogP contribution in [0.4, 0.5) is 5.69 Å². The molecule has 1 aliphatic heterocycles. The smallest absolute Gasteiger partial charge is 0.253 e. The number of anilines is 1. The summed E-state index contributed by atoms with van der Waals surface area (Å²) in [5.74, 6) is 0.321. The molecule has 1 saturated carbocycles. The predicted molar refractivity (Wildman–Crippen MR) is 143 cm³/mol. The highest BCUT2D eigenvalue weighted by atomic mass is 16.2. The Bertz CT molecular complexity index is 1040. The predicted octanol–water partition coefficient (Wildman–Crippen LogP) is 5.87. The minimum atomic E-state index is 0.0674. The Morgan fingerprint density at radius 3 is 2.17 bits per heavy atom. The number of benzene rings is 2. The van der Waals surface area contributed by atoms with Crippen LogP contribution in [0.3, 0.4) is 0 Å². The van der Waals surface area contributed by atoms with Crippen LogP contribution < -0.4 is 10.6 Å². The zero-order chi connectivity index (χ0) is 24.6. The molecule has 2 N–H and O–H groups in total. The molecule has 0 unspecified atom stereocenters. The van der Waals surface area contributed by atoms with Crippen molar-refractivity contribution in [1.29, 1.82) is 0 Å². The highest BCUT2D eigenvalue weighted by molar-refractivity contribution is 5.99. The van der Waals surface area contributed by atoms with Gasteiger partial charge in [-0.2, -0.15) is 0 Å². The quantitative estimate of drug-likeness (QED) is 0.528. The van der Waals surface area contributed by atoms with E-state index in [-0.39, 0.29) is 17.7 Å². The molecule has 5 heteroatoms. The molecule has 5 nitrogen and oxygen atoms in total. The summed E-state index contributed by atoms with van der Waals surface area (Å²) in [6.45, 7) is 7.32. The number of rotatable bonds is 7. The molecule has 35 heavy (non-hydrogen) atoms. The van der Waals surface area contributed by atoms with Crippen molar-refractivity contribution in [3.63, 3.8) is 0 Å². The molecule has 2 aromatic carbocycles. The molecule has 1 heterocycles. The molecule has 4 rings (SSSR count). The van der Waals surface area contributed by atoms with Crippen LogP contribution >= 0.6 is 0 Å². The zero-order valence-corrected chi connectivity index (χ0v) is 21.2. The van der Waals surface area contributed by atoms with Gasteiger partial charge in [-0.3, -0.25) is 9.59 Å². The van der Waals surface area contributed by atoms with Crippen molar-refractivity contribution in [2.45, 2.75) is 58.8 Å². The Morgan fingerprint density at radius 2 is 1.51 bits per heavy atom. The fourth-order valence-corrected chi connectivity index (χ4v) is 5.41. The van der Waals surface area contributed by atoms with Crippen molar-refractivity contribution in [2.75, 3.05) is 31.5 Å². The second-order valence-corrected chi connectivity index (χ2v) is 9.65. The summed E-state index contributed by atoms with van der Waals surface area (Å²) in [5.41, 5.74) is 6.34. The van der Waals surface area contributed by atoms with Gasteiger partial charge in [0.05, 0.1) is 0 Å². The van der Waals surface area contributed by atoms with Gasteiger partial charge < -0.3 is 15.5 Å². The monoisotopic (exact) mass is 473 g/mol. The van der Waals surface area contributed by atoms with Crippen LogP contribution in [0.25, 0.3) is 5.57 Å². The Balaban J connectivity index is 1.69. The van der Waals surface area contributed by atoms with Crippen LogP contribution in [0.2, 0.25) is 0 Å². The van der Waals surface area contributed by atoms with Crippen LogP contribution in [0.1, 0.15) is 80.3 Å². The maximum Gasteiger partial charge on any atom is 0.253 e. The lowest BCUT2D eigenvalue weighted by Gasteiger charge is -2.25. The highest BCUT2D eigenvalue weighted by Crippen LogP contribution is 2.36. The molecule has 2 amide bonds. The molecule has 0 bridgehead atoms. The van der Waals surface area contributed by atoms with E-state index in [1.807, 2.05) is 49.1 Å². The Hall–Kier alpha value is -2.92. The SMILES string of the molecule is CCN(CC)C(=O)c1ccc(C(=C2CCNCC2)c2ccccc2NC(=O)C2CCCCC2)cc1. The number of hydrogen-bond donors (Lipinski definition) is 2. The van der Waals surface area contributed by atoms with Crippen molar-refractivity contribution in [3.05, 3.63) is 70.8 Å². The average Bonchev–Trinajstić information content (AvgIpc) is 2.92. The summed E-state index contributed by atoms with van der Waals surface area (Å²) in [6.07, 6.45) is 7.42. The summed E-state index contributed by atoms with van der Waals surface area (Å²) < 4.78 is 0. The van der Waals surface area contributed by atoms with E-state index in [1.54, 1.807) is 0 Å². The molecular weight excluding hydrogens is 434 g/mol. The maximum atomic E-state index is 13.1. The zero-order valence-electron chi connectivity index (χ0n) is 21.2. The van der Waals surface area contributed by atoms with Crippen LogP contribution in [-0.2, 0) is 4.79 Å². The van der Waals surface area contributed by atoms with E-state index in [0.717, 1.165) is 68.4 Å². The maximum absolute atomic E-state index is 13.1. The van der Waals surface area contributed by atoms with Crippen LogP contribution in [0, 0.1) is 5.92 Å². The lowest BCUT2D eigenvalue weighted by molar-refractivity contribution is -0.120. The molecule has 0 spiro atoms. The minimum Gasteiger partial charge on any atom is -0.339 e. The van der Waals surface area contributed by atoms with E-state index >= 15 is 0 Å². The third-order valence-corrected chi connectivity index (χ3v) is 7.46. The Morgan fingerprint density at radius 1 is 0.886 bits per heavy atom. The standard InChI is InChI=1S/C30H39N3O2/c1-3-33(4-2)30(35)25-16-14-22(15-17-25)28(23-18-20-31-21-19-23)26-12-8-9-13-27(26)32-29(34)24-10-6-5-7-11-24/h8-9,12-17,24,31H,3-7,10-11,18-21H2,1-2H3,(H,32,34). The largest absolute Gasteiger partial charge is 0.339 e. The highest BCUT2D eigenvalue weighted by Gasteiger charge is 2.23. The number of piperidine rings is 1. The van der Waals surface area contributed by atoms with Gasteiger partial charge in [0.25, 0.3) is 5.91 Å². The van der Waals surface area contributed by atoms with E-state index in [1.165, 1.54) is 17.6 Å². The normalized spacial score (nSPS) is 16.6. The van der Waals surface area contributed by atoms with Gasteiger partial charge in [0.15, 0.2) is 0 Å². The third-order valence-electron chi connectivity index (χ3n) is 7.46. The molecule has 0 radical (unpaired) electrons. The number of nitrogens with zero attached hydrogens (tertiary/aromatic N) is 1. The fraction of sp³-hybridized carbons (Fsp3) is 0.467. The molecule has 1 aliphatic carbocycles. The second-order valence-electron chi connectivity index (χ2n) is 9.65. The first-order valence-corrected chi connectivity index (χ1v) is 13.3. The van der Waals surface area contributed by atoms with E-state index < -0.39 is 0 Å². The molecule has 0 aromatic heterocycles. The minimum absolute atomic E-state index is 0.0674. The number of hydrogen-bond acceptors (Lipinski definition) is 3. The first-order chi connectivity index (χ1) is 17.1. The fourth-order valence-electron chi connectivity index (χ4n) is 5.41. The van der Waals surface area contributed by atoms with Crippen LogP contribution in [-0.4, -0.2) is 42.9 Å². The number of carbonyl (C=O) groups is 2. The summed E-state index contributed by atoms with van der Waals surface area (Å²) in [4.78, 5) is 27.8. The van der Waals surface area contributed by atoms with Gasteiger partial charge in [-0.15, -0.1) is 0 Å². The molecule has 186 valence electrons. The van der Waals surface area contributed by atoms with Crippen molar-refractivity contribution in [1.82, 2.24) is 10.2 Å². The Labute approximate surface area is 210 Å². The first kappa shape index (κ1) is 25.2. The van der Waals surface area contributed by atoms with Gasteiger partial charge in [0.1, 0.15) is 0 Å². The van der Waals surface area contributed by atoms with Gasteiger partial charge in [0.2, 0.25) is 5.91 Å². The van der Waals surface area contributed by atoms with Crippen molar-refractivity contribution < 1.29 is 9.59 Å². The summed E-state index contributed by atoms with van der Waals surface area (Å²) in [5, 5.41) is 6.74. The third kappa shape index (κ3) is 6.02. The van der Waals surface area contributed by atoms with Crippen LogP contribution in [0.5, 0.6) is 0 Å². The van der Waals surface area contributed by atoms with Gasteiger partial charge >= 0.3 is 0 Å². The van der Waals surface area contributed by atoms with E-state index in [4.69, 9.17) is 0 Å². The van der Waals surface area contributed by atoms with Crippen molar-refractivity contribution in [3.8, 4) is 0 Å². The van der Waals surface area contributed by atoms with Gasteiger partial charge in [-0.25, -0.2) is 0 Å². The molecule has 2 aliphatic rings. The molecule has 1 saturated heterocycles. The van der Waals surface area contributed by atoms with E-state index in [0.29, 0.717) is 18.7 Å². The second kappa shape index (κ2) is 12.2. The van der Waals surface area contributed by atoms with Crippen molar-refractivity contribution >= 4 is 23.1 Å². The van der Waals surface area contributed by atoms with E-state index in [9.17, 15) is 9.59 Å². The molecule has 0 atom stereocenters. The topological polar surface area (TPSA) is 61.4 Å². The Kier molecular flexibility index (Phi) is 8.75. The number of para-hydroxylation sites is 1. The average molecular weight is 474 g/mol. The van der Waals surface area contributed by atoms with Gasteiger partial charge in [-0.1, -0.05) is 55.2 Å². The lowest BCUT2D eigenvalue weighted by atomic mass is 9.86. The summed E-state index contributed by atoms with van der Waals surface area (Å²) >= 11 is 0. The van der Waals surface area contributed by atoms with Gasteiger partial charge in [-0.05, 0) is 82.0 Å². The molecule has 2 fully saturated rings. The lowest BCUT2D eigenvalue weighted by Crippen LogP contribution is -2.30. The van der Waals surface area contributed by atoms with Crippen molar-refractivity contribution in [2.24, 2.45) is 5.92 Å². The molecule has 2 aromatic rings.